The van der Waals surface area contributed by atoms with Gasteiger partial charge in [0.05, 0.1) is 23.3 Å². The number of ether oxygens (including phenoxy) is 1. The maximum atomic E-state index is 12.8. The molecule has 0 aliphatic carbocycles. The van der Waals surface area contributed by atoms with Gasteiger partial charge in [0.2, 0.25) is 0 Å². The first-order valence-corrected chi connectivity index (χ1v) is 8.89. The zero-order chi connectivity index (χ0) is 18.8. The van der Waals surface area contributed by atoms with Crippen LogP contribution < -0.4 is 9.64 Å². The Morgan fingerprint density at radius 2 is 2.04 bits per heavy atom. The van der Waals surface area contributed by atoms with Crippen molar-refractivity contribution in [2.24, 2.45) is 0 Å². The minimum atomic E-state index is -1.06. The van der Waals surface area contributed by atoms with Crippen molar-refractivity contribution in [3.05, 3.63) is 64.1 Å². The highest BCUT2D eigenvalue weighted by Crippen LogP contribution is 2.36. The number of carboxylic acids is 1. The van der Waals surface area contributed by atoms with Crippen LogP contribution in [-0.2, 0) is 4.79 Å². The summed E-state index contributed by atoms with van der Waals surface area (Å²) in [5.74, 6) is -0.593. The van der Waals surface area contributed by atoms with Crippen molar-refractivity contribution in [3.63, 3.8) is 0 Å². The number of amides is 1. The number of carboxylic acid groups (broad SMARTS) is 1. The Bertz CT molecular complexity index is 952. The van der Waals surface area contributed by atoms with Crippen LogP contribution >= 0.6 is 24.0 Å². The first-order valence-electron chi connectivity index (χ1n) is 7.66. The second kappa shape index (κ2) is 7.31. The van der Waals surface area contributed by atoms with Gasteiger partial charge in [0.15, 0.2) is 4.32 Å². The molecule has 1 aliphatic heterocycles. The molecule has 0 aromatic heterocycles. The molecule has 0 atom stereocenters. The molecule has 0 bridgehead atoms. The Morgan fingerprint density at radius 1 is 1.27 bits per heavy atom. The van der Waals surface area contributed by atoms with Crippen LogP contribution in [0.5, 0.6) is 5.75 Å². The number of hydrogen-bond donors (Lipinski definition) is 1. The molecule has 0 saturated carbocycles. The lowest BCUT2D eigenvalue weighted by Gasteiger charge is -2.14. The fourth-order valence-corrected chi connectivity index (χ4v) is 3.85. The molecule has 1 saturated heterocycles. The Hall–Kier alpha value is -2.64. The number of thiocarbonyl (C=S) groups is 1. The van der Waals surface area contributed by atoms with E-state index in [0.717, 1.165) is 16.9 Å². The van der Waals surface area contributed by atoms with Gasteiger partial charge < -0.3 is 9.84 Å². The van der Waals surface area contributed by atoms with Gasteiger partial charge in [-0.15, -0.1) is 0 Å². The summed E-state index contributed by atoms with van der Waals surface area (Å²) in [7, 11) is 1.60. The van der Waals surface area contributed by atoms with Gasteiger partial charge in [0.1, 0.15) is 5.75 Å². The van der Waals surface area contributed by atoms with Crippen molar-refractivity contribution >= 4 is 51.9 Å². The SMILES string of the molecule is COc1cc(/C=C2/SC(=S)N(c3cccc(C(=O)O)c3)C2=O)ccc1C. The molecule has 132 valence electrons. The molecule has 1 aliphatic rings. The van der Waals surface area contributed by atoms with E-state index in [9.17, 15) is 9.59 Å². The largest absolute Gasteiger partial charge is 0.496 e. The standard InChI is InChI=1S/C19H15NO4S2/c1-11-6-7-12(8-15(11)24-2)9-16-17(21)20(19(25)26-16)14-5-3-4-13(10-14)18(22)23/h3-10H,1-2H3,(H,22,23)/b16-9+. The van der Waals surface area contributed by atoms with Crippen LogP contribution in [0, 0.1) is 6.92 Å². The fourth-order valence-electron chi connectivity index (χ4n) is 2.55. The quantitative estimate of drug-likeness (QED) is 0.631. The van der Waals surface area contributed by atoms with Crippen LogP contribution in [-0.4, -0.2) is 28.4 Å². The average molecular weight is 385 g/mol. The molecular formula is C19H15NO4S2. The van der Waals surface area contributed by atoms with E-state index in [4.69, 9.17) is 22.1 Å². The highest BCUT2D eigenvalue weighted by Gasteiger charge is 2.33. The van der Waals surface area contributed by atoms with Gasteiger partial charge in [-0.2, -0.15) is 0 Å². The number of aryl methyl sites for hydroxylation is 1. The molecule has 7 heteroatoms. The Morgan fingerprint density at radius 3 is 2.73 bits per heavy atom. The fraction of sp³-hybridized carbons (Fsp3) is 0.105. The number of carbonyl (C=O) groups is 2. The van der Waals surface area contributed by atoms with Gasteiger partial charge in [-0.05, 0) is 48.4 Å². The highest BCUT2D eigenvalue weighted by atomic mass is 32.2. The Kier molecular flexibility index (Phi) is 5.11. The van der Waals surface area contributed by atoms with Crippen molar-refractivity contribution in [3.8, 4) is 5.75 Å². The molecule has 5 nitrogen and oxygen atoms in total. The summed E-state index contributed by atoms with van der Waals surface area (Å²) in [4.78, 5) is 25.8. The van der Waals surface area contributed by atoms with Gasteiger partial charge >= 0.3 is 5.97 Å². The highest BCUT2D eigenvalue weighted by molar-refractivity contribution is 8.27. The summed E-state index contributed by atoms with van der Waals surface area (Å²) in [5.41, 5.74) is 2.37. The van der Waals surface area contributed by atoms with Gasteiger partial charge in [-0.1, -0.05) is 42.2 Å². The van der Waals surface area contributed by atoms with Crippen LogP contribution in [0.25, 0.3) is 6.08 Å². The maximum absolute atomic E-state index is 12.8. The van der Waals surface area contributed by atoms with Gasteiger partial charge in [0.25, 0.3) is 5.91 Å². The summed E-state index contributed by atoms with van der Waals surface area (Å²) in [6.45, 7) is 1.94. The van der Waals surface area contributed by atoms with Crippen LogP contribution in [0.3, 0.4) is 0 Å². The van der Waals surface area contributed by atoms with Crippen LogP contribution in [0.1, 0.15) is 21.5 Å². The topological polar surface area (TPSA) is 66.8 Å². The summed E-state index contributed by atoms with van der Waals surface area (Å²) < 4.78 is 5.68. The summed E-state index contributed by atoms with van der Waals surface area (Å²) in [6, 6.07) is 11.8. The van der Waals surface area contributed by atoms with E-state index < -0.39 is 5.97 Å². The molecule has 0 radical (unpaired) electrons. The predicted octanol–water partition coefficient (Wildman–Crippen LogP) is 4.11. The molecule has 2 aromatic carbocycles. The molecule has 1 amide bonds. The van der Waals surface area contributed by atoms with E-state index in [-0.39, 0.29) is 11.5 Å². The van der Waals surface area contributed by atoms with E-state index in [0.29, 0.717) is 14.9 Å². The molecule has 1 N–H and O–H groups in total. The Labute approximate surface area is 160 Å². The maximum Gasteiger partial charge on any atom is 0.335 e. The number of hydrogen-bond acceptors (Lipinski definition) is 5. The average Bonchev–Trinajstić information content (AvgIpc) is 2.90. The number of nitrogens with zero attached hydrogens (tertiary/aromatic N) is 1. The number of aromatic carboxylic acids is 1. The van der Waals surface area contributed by atoms with Crippen molar-refractivity contribution in [2.45, 2.75) is 6.92 Å². The smallest absolute Gasteiger partial charge is 0.335 e. The molecule has 1 fully saturated rings. The van der Waals surface area contributed by atoms with Gasteiger partial charge in [0, 0.05) is 0 Å². The summed E-state index contributed by atoms with van der Waals surface area (Å²) in [6.07, 6.45) is 1.75. The van der Waals surface area contributed by atoms with E-state index in [1.165, 1.54) is 28.8 Å². The monoisotopic (exact) mass is 385 g/mol. The second-order valence-corrected chi connectivity index (χ2v) is 7.28. The lowest BCUT2D eigenvalue weighted by atomic mass is 10.1. The molecule has 26 heavy (non-hydrogen) atoms. The van der Waals surface area contributed by atoms with Crippen molar-refractivity contribution in [2.75, 3.05) is 12.0 Å². The molecule has 1 heterocycles. The first-order chi connectivity index (χ1) is 12.4. The van der Waals surface area contributed by atoms with E-state index in [2.05, 4.69) is 0 Å². The van der Waals surface area contributed by atoms with Gasteiger partial charge in [-0.25, -0.2) is 4.79 Å². The number of anilines is 1. The van der Waals surface area contributed by atoms with Gasteiger partial charge in [-0.3, -0.25) is 9.69 Å². The lowest BCUT2D eigenvalue weighted by Crippen LogP contribution is -2.27. The number of thioether (sulfide) groups is 1. The van der Waals surface area contributed by atoms with E-state index >= 15 is 0 Å². The zero-order valence-corrected chi connectivity index (χ0v) is 15.7. The van der Waals surface area contributed by atoms with Crippen LogP contribution in [0.2, 0.25) is 0 Å². The van der Waals surface area contributed by atoms with E-state index in [1.807, 2.05) is 25.1 Å². The second-order valence-electron chi connectivity index (χ2n) is 5.60. The molecule has 2 aromatic rings. The number of methoxy groups -OCH3 is 1. The van der Waals surface area contributed by atoms with E-state index in [1.54, 1.807) is 25.3 Å². The molecule has 3 rings (SSSR count). The molecule has 0 spiro atoms. The van der Waals surface area contributed by atoms with Crippen LogP contribution in [0.4, 0.5) is 5.69 Å². The number of rotatable bonds is 4. The first kappa shape index (κ1) is 18.2. The zero-order valence-electron chi connectivity index (χ0n) is 14.1. The molecule has 0 unspecified atom stereocenters. The minimum absolute atomic E-state index is 0.101. The minimum Gasteiger partial charge on any atom is -0.496 e. The van der Waals surface area contributed by atoms with Crippen LogP contribution in [0.15, 0.2) is 47.4 Å². The number of benzene rings is 2. The third-order valence-corrected chi connectivity index (χ3v) is 5.18. The van der Waals surface area contributed by atoms with Crippen molar-refractivity contribution < 1.29 is 19.4 Å². The summed E-state index contributed by atoms with van der Waals surface area (Å²) in [5, 5.41) is 9.14. The summed E-state index contributed by atoms with van der Waals surface area (Å²) >= 11 is 6.51. The lowest BCUT2D eigenvalue weighted by molar-refractivity contribution is -0.113. The van der Waals surface area contributed by atoms with Crippen molar-refractivity contribution in [1.82, 2.24) is 0 Å². The van der Waals surface area contributed by atoms with Crippen molar-refractivity contribution in [1.29, 1.82) is 0 Å². The normalized spacial score (nSPS) is 15.6. The molecular weight excluding hydrogens is 370 g/mol. The third-order valence-electron chi connectivity index (χ3n) is 3.87. The Balaban J connectivity index is 1.94. The predicted molar refractivity (Wildman–Crippen MR) is 107 cm³/mol. The number of carbonyl (C=O) groups excluding carboxylic acids is 1. The third kappa shape index (κ3) is 3.49.